The van der Waals surface area contributed by atoms with E-state index in [0.29, 0.717) is 18.2 Å². The van der Waals surface area contributed by atoms with Crippen LogP contribution in [0.15, 0.2) is 30.3 Å². The van der Waals surface area contributed by atoms with Gasteiger partial charge in [-0.05, 0) is 5.56 Å². The van der Waals surface area contributed by atoms with Crippen molar-refractivity contribution in [3.8, 4) is 0 Å². The van der Waals surface area contributed by atoms with Crippen molar-refractivity contribution in [2.24, 2.45) is 5.73 Å². The molecule has 2 aromatic rings. The molecule has 0 fully saturated rings. The highest BCUT2D eigenvalue weighted by molar-refractivity contribution is 5.22. The molecule has 16 heavy (non-hydrogen) atoms. The lowest BCUT2D eigenvalue weighted by Gasteiger charge is -2.11. The lowest BCUT2D eigenvalue weighted by Crippen LogP contribution is -2.06. The van der Waals surface area contributed by atoms with Gasteiger partial charge in [0.25, 0.3) is 0 Å². The van der Waals surface area contributed by atoms with E-state index in [0.717, 1.165) is 5.56 Å². The Morgan fingerprint density at radius 2 is 2.12 bits per heavy atom. The number of hydrogen-bond donors (Lipinski definition) is 2. The van der Waals surface area contributed by atoms with Crippen LogP contribution in [0.3, 0.4) is 0 Å². The Kier molecular flexibility index (Phi) is 3.28. The molecular formula is C11H14N4O. The fourth-order valence-corrected chi connectivity index (χ4v) is 1.54. The summed E-state index contributed by atoms with van der Waals surface area (Å²) in [5.74, 6) is 1.27. The number of aromatic amines is 1. The molecular weight excluding hydrogens is 204 g/mol. The SMILES string of the molecule is COC(c1ccccc1)c1n[nH]c(CN)n1. The van der Waals surface area contributed by atoms with Gasteiger partial charge in [0.1, 0.15) is 11.9 Å². The molecule has 0 radical (unpaired) electrons. The average Bonchev–Trinajstić information content (AvgIpc) is 2.80. The van der Waals surface area contributed by atoms with Gasteiger partial charge in [-0.2, -0.15) is 5.10 Å². The van der Waals surface area contributed by atoms with E-state index in [1.807, 2.05) is 30.3 Å². The molecule has 0 aliphatic carbocycles. The molecule has 0 spiro atoms. The van der Waals surface area contributed by atoms with Gasteiger partial charge in [-0.25, -0.2) is 4.98 Å². The second-order valence-electron chi connectivity index (χ2n) is 3.37. The topological polar surface area (TPSA) is 76.8 Å². The van der Waals surface area contributed by atoms with Crippen LogP contribution < -0.4 is 5.73 Å². The van der Waals surface area contributed by atoms with Crippen LogP contribution in [0.2, 0.25) is 0 Å². The van der Waals surface area contributed by atoms with Crippen molar-refractivity contribution in [2.75, 3.05) is 7.11 Å². The first-order valence-electron chi connectivity index (χ1n) is 5.04. The van der Waals surface area contributed by atoms with Crippen molar-refractivity contribution in [2.45, 2.75) is 12.6 Å². The number of hydrogen-bond acceptors (Lipinski definition) is 4. The molecule has 1 aromatic carbocycles. The first-order valence-corrected chi connectivity index (χ1v) is 5.04. The normalized spacial score (nSPS) is 12.6. The van der Waals surface area contributed by atoms with Crippen LogP contribution in [0.4, 0.5) is 0 Å². The van der Waals surface area contributed by atoms with Crippen molar-refractivity contribution in [3.05, 3.63) is 47.5 Å². The number of nitrogens with zero attached hydrogens (tertiary/aromatic N) is 2. The summed E-state index contributed by atoms with van der Waals surface area (Å²) in [6.45, 7) is 0.345. The van der Waals surface area contributed by atoms with E-state index in [-0.39, 0.29) is 6.10 Å². The van der Waals surface area contributed by atoms with E-state index in [4.69, 9.17) is 10.5 Å². The third-order valence-electron chi connectivity index (χ3n) is 2.31. The van der Waals surface area contributed by atoms with Crippen molar-refractivity contribution in [3.63, 3.8) is 0 Å². The second-order valence-corrected chi connectivity index (χ2v) is 3.37. The Morgan fingerprint density at radius 3 is 2.69 bits per heavy atom. The summed E-state index contributed by atoms with van der Waals surface area (Å²) in [7, 11) is 1.64. The van der Waals surface area contributed by atoms with Crippen LogP contribution in [-0.4, -0.2) is 22.3 Å². The molecule has 5 heteroatoms. The Bertz CT molecular complexity index is 440. The van der Waals surface area contributed by atoms with Crippen LogP contribution in [0.25, 0.3) is 0 Å². The van der Waals surface area contributed by atoms with Crippen molar-refractivity contribution >= 4 is 0 Å². The van der Waals surface area contributed by atoms with Gasteiger partial charge < -0.3 is 10.5 Å². The molecule has 1 heterocycles. The first-order chi connectivity index (χ1) is 7.85. The molecule has 0 saturated heterocycles. The summed E-state index contributed by atoms with van der Waals surface area (Å²) in [5, 5.41) is 6.87. The molecule has 2 rings (SSSR count). The van der Waals surface area contributed by atoms with E-state index in [1.54, 1.807) is 7.11 Å². The molecule has 0 bridgehead atoms. The number of aromatic nitrogens is 3. The zero-order valence-electron chi connectivity index (χ0n) is 9.05. The Labute approximate surface area is 93.7 Å². The second kappa shape index (κ2) is 4.87. The highest BCUT2D eigenvalue weighted by atomic mass is 16.5. The predicted octanol–water partition coefficient (Wildman–Crippen LogP) is 0.999. The lowest BCUT2D eigenvalue weighted by atomic mass is 10.1. The lowest BCUT2D eigenvalue weighted by molar-refractivity contribution is 0.129. The first kappa shape index (κ1) is 10.8. The summed E-state index contributed by atoms with van der Waals surface area (Å²) in [5.41, 5.74) is 6.49. The number of nitrogens with one attached hydrogen (secondary N) is 1. The van der Waals surface area contributed by atoms with Crippen LogP contribution in [0.5, 0.6) is 0 Å². The Balaban J connectivity index is 2.29. The van der Waals surface area contributed by atoms with Gasteiger partial charge in [-0.1, -0.05) is 30.3 Å². The Hall–Kier alpha value is -1.72. The fourth-order valence-electron chi connectivity index (χ4n) is 1.54. The van der Waals surface area contributed by atoms with Gasteiger partial charge in [-0.15, -0.1) is 0 Å². The maximum absolute atomic E-state index is 5.47. The number of nitrogens with two attached hydrogens (primary N) is 1. The zero-order valence-corrected chi connectivity index (χ0v) is 9.05. The molecule has 0 amide bonds. The largest absolute Gasteiger partial charge is 0.369 e. The fraction of sp³-hybridized carbons (Fsp3) is 0.273. The minimum atomic E-state index is -0.252. The summed E-state index contributed by atoms with van der Waals surface area (Å²) >= 11 is 0. The molecule has 1 atom stereocenters. The minimum absolute atomic E-state index is 0.252. The molecule has 0 aliphatic rings. The third kappa shape index (κ3) is 2.10. The maximum atomic E-state index is 5.47. The van der Waals surface area contributed by atoms with Crippen LogP contribution in [-0.2, 0) is 11.3 Å². The molecule has 0 aliphatic heterocycles. The third-order valence-corrected chi connectivity index (χ3v) is 2.31. The van der Waals surface area contributed by atoms with Crippen LogP contribution in [0, 0.1) is 0 Å². The summed E-state index contributed by atoms with van der Waals surface area (Å²) < 4.78 is 5.39. The van der Waals surface area contributed by atoms with Gasteiger partial charge in [0.2, 0.25) is 0 Å². The molecule has 1 aromatic heterocycles. The molecule has 3 N–H and O–H groups in total. The minimum Gasteiger partial charge on any atom is -0.369 e. The van der Waals surface area contributed by atoms with Gasteiger partial charge in [0.15, 0.2) is 5.82 Å². The molecule has 1 unspecified atom stereocenters. The number of rotatable bonds is 4. The summed E-state index contributed by atoms with van der Waals surface area (Å²) in [6, 6.07) is 9.83. The van der Waals surface area contributed by atoms with Gasteiger partial charge in [-0.3, -0.25) is 5.10 Å². The van der Waals surface area contributed by atoms with Gasteiger partial charge in [0.05, 0.1) is 6.54 Å². The number of methoxy groups -OCH3 is 1. The van der Waals surface area contributed by atoms with Gasteiger partial charge >= 0.3 is 0 Å². The average molecular weight is 218 g/mol. The van der Waals surface area contributed by atoms with Crippen molar-refractivity contribution < 1.29 is 4.74 Å². The van der Waals surface area contributed by atoms with E-state index >= 15 is 0 Å². The van der Waals surface area contributed by atoms with E-state index in [2.05, 4.69) is 15.2 Å². The monoisotopic (exact) mass is 218 g/mol. The summed E-state index contributed by atoms with van der Waals surface area (Å²) in [6.07, 6.45) is -0.252. The van der Waals surface area contributed by atoms with Gasteiger partial charge in [0, 0.05) is 7.11 Å². The van der Waals surface area contributed by atoms with Crippen LogP contribution >= 0.6 is 0 Å². The highest BCUT2D eigenvalue weighted by Crippen LogP contribution is 2.21. The van der Waals surface area contributed by atoms with Crippen LogP contribution in [0.1, 0.15) is 23.3 Å². The smallest absolute Gasteiger partial charge is 0.184 e. The van der Waals surface area contributed by atoms with E-state index < -0.39 is 0 Å². The van der Waals surface area contributed by atoms with E-state index in [1.165, 1.54) is 0 Å². The molecule has 5 nitrogen and oxygen atoms in total. The number of benzene rings is 1. The predicted molar refractivity (Wildman–Crippen MR) is 59.6 cm³/mol. The quantitative estimate of drug-likeness (QED) is 0.802. The van der Waals surface area contributed by atoms with Crippen molar-refractivity contribution in [1.82, 2.24) is 15.2 Å². The maximum Gasteiger partial charge on any atom is 0.184 e. The molecule has 0 saturated carbocycles. The molecule has 84 valence electrons. The van der Waals surface area contributed by atoms with Crippen molar-refractivity contribution in [1.29, 1.82) is 0 Å². The number of H-pyrrole nitrogens is 1. The van der Waals surface area contributed by atoms with E-state index in [9.17, 15) is 0 Å². The Morgan fingerprint density at radius 1 is 1.38 bits per heavy atom. The highest BCUT2D eigenvalue weighted by Gasteiger charge is 2.17. The summed E-state index contributed by atoms with van der Waals surface area (Å²) in [4.78, 5) is 4.26. The number of ether oxygens (including phenoxy) is 1. The zero-order chi connectivity index (χ0) is 11.4. The standard InChI is InChI=1S/C11H14N4O/c1-16-10(8-5-3-2-4-6-8)11-13-9(7-12)14-15-11/h2-6,10H,7,12H2,1H3,(H,13,14,15).